The standard InChI is InChI=1S/C28H25BN3/c1-28(2,3)20-15-16-30-18-19-9-8-14-25-27(19)32(26(30)17-20)29-23-12-6-4-10-21(23)22-11-5-7-13-24(22)31(25)29/h4-17H,18H2,1-3H3/q+1. The van der Waals surface area contributed by atoms with Crippen molar-refractivity contribution in [1.82, 2.24) is 0 Å². The summed E-state index contributed by atoms with van der Waals surface area (Å²) in [5.41, 5.74) is 10.8. The average Bonchev–Trinajstić information content (AvgIpc) is 3.16. The SMILES string of the molecule is CC(C)(C)c1cc[n+]2c(c1)N1B3c4ccccc4-c4ccccc4N3c3cccc(c31)C2. The molecule has 0 aliphatic carbocycles. The fourth-order valence-electron chi connectivity index (χ4n) is 5.71. The summed E-state index contributed by atoms with van der Waals surface area (Å²) >= 11 is 0. The van der Waals surface area contributed by atoms with Crippen molar-refractivity contribution in [3.8, 4) is 11.1 Å². The molecule has 4 aromatic rings. The van der Waals surface area contributed by atoms with Gasteiger partial charge < -0.3 is 4.81 Å². The van der Waals surface area contributed by atoms with Crippen molar-refractivity contribution >= 4 is 35.3 Å². The van der Waals surface area contributed by atoms with E-state index in [1.54, 1.807) is 0 Å². The summed E-state index contributed by atoms with van der Waals surface area (Å²) in [6, 6.07) is 29.3. The summed E-state index contributed by atoms with van der Waals surface area (Å²) in [5, 5.41) is 0. The zero-order valence-electron chi connectivity index (χ0n) is 18.7. The molecule has 4 heteroatoms. The summed E-state index contributed by atoms with van der Waals surface area (Å²) in [4.78, 5) is 5.13. The van der Waals surface area contributed by atoms with Crippen LogP contribution in [0.2, 0.25) is 0 Å². The van der Waals surface area contributed by atoms with E-state index in [2.05, 4.69) is 120 Å². The lowest BCUT2D eigenvalue weighted by Crippen LogP contribution is -2.59. The Hall–Kier alpha value is -3.53. The summed E-state index contributed by atoms with van der Waals surface area (Å²) < 4.78 is 2.41. The van der Waals surface area contributed by atoms with Gasteiger partial charge in [-0.3, -0.25) is 4.81 Å². The Bertz CT molecular complexity index is 1420. The maximum absolute atomic E-state index is 2.58. The van der Waals surface area contributed by atoms with Crippen LogP contribution in [0.4, 0.5) is 22.9 Å². The normalized spacial score (nSPS) is 15.0. The number of fused-ring (bicyclic) bond motifs is 10. The van der Waals surface area contributed by atoms with E-state index in [1.165, 1.54) is 50.6 Å². The second-order valence-electron chi connectivity index (χ2n) is 10.2. The Morgan fingerprint density at radius 2 is 1.53 bits per heavy atom. The molecule has 4 heterocycles. The lowest BCUT2D eigenvalue weighted by Gasteiger charge is -2.33. The van der Waals surface area contributed by atoms with Gasteiger partial charge in [-0.25, -0.2) is 4.57 Å². The summed E-state index contributed by atoms with van der Waals surface area (Å²) in [6.07, 6.45) is 2.27. The minimum atomic E-state index is 0.103. The predicted molar refractivity (Wildman–Crippen MR) is 132 cm³/mol. The van der Waals surface area contributed by atoms with Crippen LogP contribution in [0.15, 0.2) is 85.1 Å². The first-order valence-electron chi connectivity index (χ1n) is 11.4. The molecular formula is C28H25BN3+. The smallest absolute Gasteiger partial charge is 0.335 e. The van der Waals surface area contributed by atoms with Gasteiger partial charge in [-0.05, 0) is 34.7 Å². The van der Waals surface area contributed by atoms with Crippen LogP contribution in [0.25, 0.3) is 11.1 Å². The third-order valence-corrected chi connectivity index (χ3v) is 7.25. The fraction of sp³-hybridized carbons (Fsp3) is 0.179. The lowest BCUT2D eigenvalue weighted by molar-refractivity contribution is -0.676. The number of rotatable bonds is 0. The summed E-state index contributed by atoms with van der Waals surface area (Å²) in [7, 11) is 0. The highest BCUT2D eigenvalue weighted by atomic mass is 15.4. The molecule has 1 aromatic heterocycles. The second-order valence-corrected chi connectivity index (χ2v) is 10.2. The van der Waals surface area contributed by atoms with Crippen LogP contribution in [0.5, 0.6) is 0 Å². The zero-order chi connectivity index (χ0) is 21.6. The molecular weight excluding hydrogens is 389 g/mol. The largest absolute Gasteiger partial charge is 0.543 e. The molecule has 0 N–H and O–H groups in total. The molecule has 3 aliphatic heterocycles. The molecule has 0 bridgehead atoms. The van der Waals surface area contributed by atoms with Crippen LogP contribution in [-0.2, 0) is 12.0 Å². The quantitative estimate of drug-likeness (QED) is 0.286. The van der Waals surface area contributed by atoms with Crippen molar-refractivity contribution in [2.45, 2.75) is 32.7 Å². The van der Waals surface area contributed by atoms with Crippen LogP contribution in [0.1, 0.15) is 31.9 Å². The molecule has 0 atom stereocenters. The molecule has 0 unspecified atom stereocenters. The first-order chi connectivity index (χ1) is 15.5. The van der Waals surface area contributed by atoms with Gasteiger partial charge in [-0.2, -0.15) is 0 Å². The van der Waals surface area contributed by atoms with Crippen molar-refractivity contribution in [3.05, 3.63) is 96.2 Å². The maximum atomic E-state index is 2.58. The highest BCUT2D eigenvalue weighted by Gasteiger charge is 2.56. The Kier molecular flexibility index (Phi) is 3.41. The van der Waals surface area contributed by atoms with E-state index in [9.17, 15) is 0 Å². The van der Waals surface area contributed by atoms with Gasteiger partial charge in [0.05, 0.1) is 11.9 Å². The molecule has 0 amide bonds. The monoisotopic (exact) mass is 414 g/mol. The van der Waals surface area contributed by atoms with E-state index >= 15 is 0 Å². The van der Waals surface area contributed by atoms with Crippen molar-refractivity contribution in [1.29, 1.82) is 0 Å². The van der Waals surface area contributed by atoms with Gasteiger partial charge in [0, 0.05) is 28.3 Å². The number of anilines is 4. The van der Waals surface area contributed by atoms with E-state index in [4.69, 9.17) is 0 Å². The fourth-order valence-corrected chi connectivity index (χ4v) is 5.71. The third-order valence-electron chi connectivity index (χ3n) is 7.25. The first kappa shape index (κ1) is 18.1. The maximum Gasteiger partial charge on any atom is 0.543 e. The van der Waals surface area contributed by atoms with Gasteiger partial charge in [0.15, 0.2) is 0 Å². The Morgan fingerprint density at radius 3 is 2.38 bits per heavy atom. The van der Waals surface area contributed by atoms with Crippen LogP contribution in [-0.4, -0.2) is 6.98 Å². The van der Waals surface area contributed by atoms with E-state index in [1.807, 2.05) is 0 Å². The van der Waals surface area contributed by atoms with Crippen molar-refractivity contribution < 1.29 is 4.57 Å². The second kappa shape index (κ2) is 6.04. The Morgan fingerprint density at radius 1 is 0.781 bits per heavy atom. The molecule has 32 heavy (non-hydrogen) atoms. The third kappa shape index (κ3) is 2.25. The number of hydrogen-bond acceptors (Lipinski definition) is 2. The van der Waals surface area contributed by atoms with Crippen LogP contribution >= 0.6 is 0 Å². The van der Waals surface area contributed by atoms with Gasteiger partial charge in [0.2, 0.25) is 0 Å². The minimum absolute atomic E-state index is 0.103. The highest BCUT2D eigenvalue weighted by Crippen LogP contribution is 2.52. The molecule has 0 saturated carbocycles. The molecule has 3 aromatic carbocycles. The van der Waals surface area contributed by atoms with Gasteiger partial charge >= 0.3 is 6.98 Å². The van der Waals surface area contributed by atoms with E-state index in [0.717, 1.165) is 6.54 Å². The number of nitrogens with zero attached hydrogens (tertiary/aromatic N) is 3. The predicted octanol–water partition coefficient (Wildman–Crippen LogP) is 5.30. The summed E-state index contributed by atoms with van der Waals surface area (Å²) in [6.45, 7) is 7.90. The molecule has 0 fully saturated rings. The van der Waals surface area contributed by atoms with E-state index < -0.39 is 0 Å². The highest BCUT2D eigenvalue weighted by molar-refractivity contribution is 6.86. The molecule has 3 aliphatic rings. The molecule has 154 valence electrons. The van der Waals surface area contributed by atoms with E-state index in [0.29, 0.717) is 0 Å². The van der Waals surface area contributed by atoms with Crippen LogP contribution < -0.4 is 19.7 Å². The Labute approximate surface area is 189 Å². The zero-order valence-corrected chi connectivity index (χ0v) is 18.7. The number of benzene rings is 3. The first-order valence-corrected chi connectivity index (χ1v) is 11.4. The van der Waals surface area contributed by atoms with Crippen molar-refractivity contribution in [2.24, 2.45) is 0 Å². The molecule has 3 nitrogen and oxygen atoms in total. The number of para-hydroxylation sites is 2. The number of aromatic nitrogens is 1. The van der Waals surface area contributed by atoms with Gasteiger partial charge in [0.25, 0.3) is 5.82 Å². The Balaban J connectivity index is 1.56. The van der Waals surface area contributed by atoms with Crippen LogP contribution in [0.3, 0.4) is 0 Å². The van der Waals surface area contributed by atoms with Crippen LogP contribution in [0, 0.1) is 0 Å². The van der Waals surface area contributed by atoms with Gasteiger partial charge in [-0.15, -0.1) is 0 Å². The average molecular weight is 414 g/mol. The van der Waals surface area contributed by atoms with Crippen molar-refractivity contribution in [2.75, 3.05) is 9.62 Å². The molecule has 0 radical (unpaired) electrons. The topological polar surface area (TPSA) is 10.4 Å². The molecule has 0 saturated heterocycles. The minimum Gasteiger partial charge on any atom is -0.335 e. The summed E-state index contributed by atoms with van der Waals surface area (Å²) in [5.74, 6) is 1.28. The van der Waals surface area contributed by atoms with E-state index in [-0.39, 0.29) is 12.4 Å². The molecule has 7 rings (SSSR count). The van der Waals surface area contributed by atoms with Gasteiger partial charge in [-0.1, -0.05) is 75.4 Å². The molecule has 0 spiro atoms. The lowest BCUT2D eigenvalue weighted by atomic mass is 9.59. The van der Waals surface area contributed by atoms with Crippen molar-refractivity contribution in [3.63, 3.8) is 0 Å². The van der Waals surface area contributed by atoms with Gasteiger partial charge in [0.1, 0.15) is 12.2 Å². The number of pyridine rings is 1. The number of hydrogen-bond donors (Lipinski definition) is 0.